The van der Waals surface area contributed by atoms with Gasteiger partial charge in [-0.2, -0.15) is 0 Å². The first-order valence-corrected chi connectivity index (χ1v) is 12.0. The fourth-order valence-corrected chi connectivity index (χ4v) is 3.99. The van der Waals surface area contributed by atoms with Gasteiger partial charge in [0.15, 0.2) is 0 Å². The first-order chi connectivity index (χ1) is 14.7. The molecule has 0 fully saturated rings. The van der Waals surface area contributed by atoms with Crippen LogP contribution >= 0.6 is 0 Å². The Bertz CT molecular complexity index is 1310. The molecule has 172 valence electrons. The van der Waals surface area contributed by atoms with E-state index in [1.807, 2.05) is 0 Å². The van der Waals surface area contributed by atoms with Crippen LogP contribution in [0, 0.1) is 5.92 Å². The van der Waals surface area contributed by atoms with Gasteiger partial charge in [-0.1, -0.05) is 38.1 Å². The Morgan fingerprint density at radius 3 is 1.50 bits per heavy atom. The normalized spacial score (nSPS) is 11.5. The predicted octanol–water partition coefficient (Wildman–Crippen LogP) is -3.77. The van der Waals surface area contributed by atoms with Crippen molar-refractivity contribution in [2.75, 3.05) is 10.6 Å². The minimum absolute atomic E-state index is 0. The maximum atomic E-state index is 11.8. The van der Waals surface area contributed by atoms with E-state index in [-0.39, 0.29) is 93.4 Å². The van der Waals surface area contributed by atoms with E-state index in [0.717, 1.165) is 24.3 Å². The van der Waals surface area contributed by atoms with E-state index >= 15 is 0 Å². The third-order valence-corrected chi connectivity index (χ3v) is 5.90. The first kappa shape index (κ1) is 32.9. The summed E-state index contributed by atoms with van der Waals surface area (Å²) in [5.74, 6) is -1.24. The van der Waals surface area contributed by atoms with E-state index in [1.54, 1.807) is 13.8 Å². The standard InChI is InChI=1S/C20H22N2O8S2.2Na/c1-12(2)20(24)22-17-9-7-15(19(11-17)32(28,29)30)5-4-14-6-8-16(21-13(3)23)10-18(14)31(25,26)27;;/h4-12H,1-3H3,(H,21,23)(H,22,24)(H,25,26,27)(H,28,29,30);;/q;2*+1/p-2. The van der Waals surface area contributed by atoms with Crippen LogP contribution in [-0.4, -0.2) is 37.8 Å². The first-order valence-electron chi connectivity index (χ1n) is 9.15. The van der Waals surface area contributed by atoms with E-state index in [2.05, 4.69) is 10.6 Å². The Morgan fingerprint density at radius 1 is 0.794 bits per heavy atom. The summed E-state index contributed by atoms with van der Waals surface area (Å²) in [5, 5.41) is 4.84. The van der Waals surface area contributed by atoms with Crippen molar-refractivity contribution in [3.05, 3.63) is 47.5 Å². The zero-order chi connectivity index (χ0) is 24.3. The molecule has 0 spiro atoms. The molecule has 2 N–H and O–H groups in total. The van der Waals surface area contributed by atoms with Crippen molar-refractivity contribution >= 4 is 55.6 Å². The molecule has 0 saturated carbocycles. The van der Waals surface area contributed by atoms with Gasteiger partial charge in [-0.05, 0) is 35.4 Å². The average molecular weight is 527 g/mol. The zero-order valence-electron chi connectivity index (χ0n) is 19.3. The molecule has 0 heterocycles. The van der Waals surface area contributed by atoms with Crippen LogP contribution in [0.25, 0.3) is 12.2 Å². The van der Waals surface area contributed by atoms with Gasteiger partial charge in [0.05, 0.1) is 9.79 Å². The fraction of sp³-hybridized carbons (Fsp3) is 0.200. The molecule has 0 aliphatic rings. The van der Waals surface area contributed by atoms with Crippen LogP contribution in [0.5, 0.6) is 0 Å². The summed E-state index contributed by atoms with van der Waals surface area (Å²) >= 11 is 0. The Kier molecular flexibility index (Phi) is 12.9. The number of anilines is 2. The van der Waals surface area contributed by atoms with Gasteiger partial charge in [0.25, 0.3) is 0 Å². The SMILES string of the molecule is CC(=O)Nc1ccc(C=Cc2ccc(NC(=O)C(C)C)cc2S(=O)(=O)[O-])c(S(=O)(=O)[O-])c1.[Na+].[Na+]. The molecule has 14 heteroatoms. The molecule has 0 atom stereocenters. The van der Waals surface area contributed by atoms with Crippen molar-refractivity contribution in [3.8, 4) is 0 Å². The molecular weight excluding hydrogens is 506 g/mol. The topological polar surface area (TPSA) is 173 Å². The quantitative estimate of drug-likeness (QED) is 0.210. The van der Waals surface area contributed by atoms with Gasteiger partial charge in [-0.15, -0.1) is 0 Å². The van der Waals surface area contributed by atoms with Gasteiger partial charge in [-0.3, -0.25) is 9.59 Å². The van der Waals surface area contributed by atoms with Crippen molar-refractivity contribution in [1.29, 1.82) is 0 Å². The summed E-state index contributed by atoms with van der Waals surface area (Å²) < 4.78 is 70.1. The van der Waals surface area contributed by atoms with Gasteiger partial charge in [0, 0.05) is 24.2 Å². The Morgan fingerprint density at radius 2 is 1.18 bits per heavy atom. The fourth-order valence-electron chi connectivity index (χ4n) is 2.60. The molecule has 0 radical (unpaired) electrons. The van der Waals surface area contributed by atoms with Crippen molar-refractivity contribution in [1.82, 2.24) is 0 Å². The Hall–Kier alpha value is -1.06. The molecular formula is C20H20N2Na2O8S2. The number of hydrogen-bond donors (Lipinski definition) is 2. The monoisotopic (exact) mass is 526 g/mol. The molecule has 0 bridgehead atoms. The molecule has 0 aliphatic heterocycles. The minimum atomic E-state index is -4.96. The van der Waals surface area contributed by atoms with Crippen LogP contribution in [0.1, 0.15) is 31.9 Å². The number of rotatable bonds is 7. The van der Waals surface area contributed by atoms with Crippen LogP contribution in [-0.2, 0) is 29.8 Å². The second-order valence-electron chi connectivity index (χ2n) is 7.07. The summed E-state index contributed by atoms with van der Waals surface area (Å²) in [6.07, 6.45) is 2.31. The number of benzene rings is 2. The third-order valence-electron chi connectivity index (χ3n) is 4.12. The van der Waals surface area contributed by atoms with E-state index in [9.17, 15) is 35.5 Å². The van der Waals surface area contributed by atoms with E-state index in [4.69, 9.17) is 0 Å². The van der Waals surface area contributed by atoms with Crippen LogP contribution < -0.4 is 69.7 Å². The minimum Gasteiger partial charge on any atom is -0.744 e. The molecule has 0 aliphatic carbocycles. The summed E-state index contributed by atoms with van der Waals surface area (Å²) in [5.41, 5.74) is 0.0122. The number of amides is 2. The maximum absolute atomic E-state index is 11.8. The summed E-state index contributed by atoms with van der Waals surface area (Å²) in [6.45, 7) is 4.48. The molecule has 2 aromatic carbocycles. The van der Waals surface area contributed by atoms with Crippen LogP contribution in [0.4, 0.5) is 11.4 Å². The molecule has 10 nitrogen and oxygen atoms in total. The predicted molar refractivity (Wildman–Crippen MR) is 116 cm³/mol. The Labute approximate surface area is 242 Å². The summed E-state index contributed by atoms with van der Waals surface area (Å²) in [6, 6.07) is 7.20. The molecule has 2 amide bonds. The van der Waals surface area contributed by atoms with E-state index in [0.29, 0.717) is 0 Å². The smallest absolute Gasteiger partial charge is 0.744 e. The number of hydrogen-bond acceptors (Lipinski definition) is 8. The van der Waals surface area contributed by atoms with Crippen LogP contribution in [0.3, 0.4) is 0 Å². The van der Waals surface area contributed by atoms with Gasteiger partial charge >= 0.3 is 59.1 Å². The van der Waals surface area contributed by atoms with E-state index < -0.39 is 35.9 Å². The van der Waals surface area contributed by atoms with Crippen molar-refractivity contribution < 1.29 is 94.6 Å². The molecule has 0 aromatic heterocycles. The van der Waals surface area contributed by atoms with E-state index in [1.165, 1.54) is 31.2 Å². The second kappa shape index (κ2) is 13.3. The Balaban J connectivity index is 0.00000544. The van der Waals surface area contributed by atoms with Crippen molar-refractivity contribution in [3.63, 3.8) is 0 Å². The van der Waals surface area contributed by atoms with Gasteiger partial charge in [0.2, 0.25) is 11.8 Å². The zero-order valence-corrected chi connectivity index (χ0v) is 24.9. The van der Waals surface area contributed by atoms with Crippen molar-refractivity contribution in [2.24, 2.45) is 5.92 Å². The molecule has 34 heavy (non-hydrogen) atoms. The van der Waals surface area contributed by atoms with Crippen LogP contribution in [0.2, 0.25) is 0 Å². The van der Waals surface area contributed by atoms with Crippen LogP contribution in [0.15, 0.2) is 46.2 Å². The number of nitrogens with one attached hydrogen (secondary N) is 2. The molecule has 0 unspecified atom stereocenters. The summed E-state index contributed by atoms with van der Waals surface area (Å²) in [4.78, 5) is 21.7. The third kappa shape index (κ3) is 9.53. The van der Waals surface area contributed by atoms with Gasteiger partial charge in [0.1, 0.15) is 20.2 Å². The number of carbonyl (C=O) groups excluding carboxylic acids is 2. The molecule has 2 aromatic rings. The molecule has 2 rings (SSSR count). The second-order valence-corrected chi connectivity index (χ2v) is 9.77. The maximum Gasteiger partial charge on any atom is 1.00 e. The number of carbonyl (C=O) groups is 2. The van der Waals surface area contributed by atoms with Crippen molar-refractivity contribution in [2.45, 2.75) is 30.6 Å². The van der Waals surface area contributed by atoms with Gasteiger partial charge < -0.3 is 19.7 Å². The summed E-state index contributed by atoms with van der Waals surface area (Å²) in [7, 11) is -9.90. The average Bonchev–Trinajstić information content (AvgIpc) is 2.65. The largest absolute Gasteiger partial charge is 1.00 e. The van der Waals surface area contributed by atoms with Gasteiger partial charge in [-0.25, -0.2) is 16.8 Å². The molecule has 0 saturated heterocycles.